The largest absolute Gasteiger partial charge is 0.487 e. The third kappa shape index (κ3) is 4.14. The molecule has 0 aliphatic carbocycles. The van der Waals surface area contributed by atoms with Gasteiger partial charge < -0.3 is 10.1 Å². The number of nitrogens with zero attached hydrogens (tertiary/aromatic N) is 3. The standard InChI is InChI=1S/C17H16N4O2S/c1-12(20-17(22)16-10-19-24-21-16)13-5-4-7-15(9-13)23-11-14-6-2-3-8-18-14/h2-10,12H,11H2,1H3,(H,20,22). The van der Waals surface area contributed by atoms with Crippen molar-refractivity contribution in [1.29, 1.82) is 0 Å². The van der Waals surface area contributed by atoms with E-state index in [1.54, 1.807) is 6.20 Å². The second kappa shape index (κ2) is 7.65. The van der Waals surface area contributed by atoms with E-state index < -0.39 is 0 Å². The minimum Gasteiger partial charge on any atom is -0.487 e. The van der Waals surface area contributed by atoms with Gasteiger partial charge in [0.1, 0.15) is 12.4 Å². The zero-order valence-electron chi connectivity index (χ0n) is 13.0. The fraction of sp³-hybridized carbons (Fsp3) is 0.176. The van der Waals surface area contributed by atoms with E-state index in [2.05, 4.69) is 19.0 Å². The molecule has 3 rings (SSSR count). The average molecular weight is 340 g/mol. The van der Waals surface area contributed by atoms with Crippen LogP contribution in [0.1, 0.15) is 34.7 Å². The van der Waals surface area contributed by atoms with Crippen molar-refractivity contribution in [3.63, 3.8) is 0 Å². The van der Waals surface area contributed by atoms with Gasteiger partial charge in [0.25, 0.3) is 5.91 Å². The highest BCUT2D eigenvalue weighted by molar-refractivity contribution is 6.99. The predicted octanol–water partition coefficient (Wildman–Crippen LogP) is 3.00. The van der Waals surface area contributed by atoms with Gasteiger partial charge in [-0.3, -0.25) is 9.78 Å². The van der Waals surface area contributed by atoms with Crippen LogP contribution < -0.4 is 10.1 Å². The van der Waals surface area contributed by atoms with E-state index in [1.165, 1.54) is 6.20 Å². The molecule has 0 saturated carbocycles. The Morgan fingerprint density at radius 1 is 1.29 bits per heavy atom. The minimum atomic E-state index is -0.240. The van der Waals surface area contributed by atoms with Crippen LogP contribution in [0.3, 0.4) is 0 Å². The van der Waals surface area contributed by atoms with Crippen molar-refractivity contribution in [2.75, 3.05) is 0 Å². The van der Waals surface area contributed by atoms with E-state index in [9.17, 15) is 4.79 Å². The number of aromatic nitrogens is 3. The number of hydrogen-bond acceptors (Lipinski definition) is 6. The number of pyridine rings is 1. The molecule has 1 aromatic carbocycles. The molecule has 6 nitrogen and oxygen atoms in total. The second-order valence-corrected chi connectivity index (χ2v) is 5.73. The molecule has 0 radical (unpaired) electrons. The van der Waals surface area contributed by atoms with Crippen molar-refractivity contribution in [1.82, 2.24) is 19.0 Å². The van der Waals surface area contributed by atoms with Crippen LogP contribution in [0.15, 0.2) is 54.9 Å². The van der Waals surface area contributed by atoms with Gasteiger partial charge in [-0.05, 0) is 36.8 Å². The molecule has 0 bridgehead atoms. The summed E-state index contributed by atoms with van der Waals surface area (Å²) in [5.41, 5.74) is 2.14. The highest BCUT2D eigenvalue weighted by atomic mass is 32.1. The molecule has 1 amide bonds. The lowest BCUT2D eigenvalue weighted by Gasteiger charge is -2.15. The van der Waals surface area contributed by atoms with Gasteiger partial charge in [0.05, 0.1) is 29.7 Å². The maximum absolute atomic E-state index is 12.0. The summed E-state index contributed by atoms with van der Waals surface area (Å²) in [4.78, 5) is 16.3. The number of carbonyl (C=O) groups excluding carboxylic acids is 1. The summed E-state index contributed by atoms with van der Waals surface area (Å²) in [5, 5.41) is 2.90. The summed E-state index contributed by atoms with van der Waals surface area (Å²) in [5.74, 6) is 0.491. The zero-order valence-corrected chi connectivity index (χ0v) is 13.9. The maximum atomic E-state index is 12.0. The first-order valence-corrected chi connectivity index (χ1v) is 8.16. The van der Waals surface area contributed by atoms with Crippen molar-refractivity contribution in [3.8, 4) is 5.75 Å². The molecule has 1 N–H and O–H groups in total. The lowest BCUT2D eigenvalue weighted by atomic mass is 10.1. The van der Waals surface area contributed by atoms with Crippen LogP contribution in [0, 0.1) is 0 Å². The van der Waals surface area contributed by atoms with Crippen molar-refractivity contribution in [3.05, 3.63) is 71.8 Å². The van der Waals surface area contributed by atoms with Gasteiger partial charge in [0.15, 0.2) is 5.69 Å². The third-order valence-electron chi connectivity index (χ3n) is 3.41. The van der Waals surface area contributed by atoms with E-state index >= 15 is 0 Å². The first kappa shape index (κ1) is 16.1. The molecule has 0 aliphatic heterocycles. The SMILES string of the molecule is CC(NC(=O)c1cnsn1)c1cccc(OCc2ccccn2)c1. The number of nitrogens with one attached hydrogen (secondary N) is 1. The Bertz CT molecular complexity index is 793. The van der Waals surface area contributed by atoms with Crippen molar-refractivity contribution >= 4 is 17.6 Å². The molecule has 2 aromatic heterocycles. The van der Waals surface area contributed by atoms with Crippen LogP contribution in [0.4, 0.5) is 0 Å². The van der Waals surface area contributed by atoms with E-state index in [1.807, 2.05) is 49.4 Å². The highest BCUT2D eigenvalue weighted by Crippen LogP contribution is 2.20. The second-order valence-electron chi connectivity index (χ2n) is 5.17. The summed E-state index contributed by atoms with van der Waals surface area (Å²) < 4.78 is 13.5. The quantitative estimate of drug-likeness (QED) is 0.746. The molecule has 3 aromatic rings. The Balaban J connectivity index is 1.62. The Kier molecular flexibility index (Phi) is 5.12. The molecule has 7 heteroatoms. The van der Waals surface area contributed by atoms with Crippen LogP contribution in [0.25, 0.3) is 0 Å². The monoisotopic (exact) mass is 340 g/mol. The van der Waals surface area contributed by atoms with Crippen molar-refractivity contribution in [2.24, 2.45) is 0 Å². The molecule has 1 atom stereocenters. The molecule has 122 valence electrons. The zero-order chi connectivity index (χ0) is 16.8. The molecule has 0 spiro atoms. The summed E-state index contributed by atoms with van der Waals surface area (Å²) in [6.45, 7) is 2.31. The average Bonchev–Trinajstić information content (AvgIpc) is 3.16. The smallest absolute Gasteiger partial charge is 0.273 e. The van der Waals surface area contributed by atoms with Crippen LogP contribution in [0.5, 0.6) is 5.75 Å². The topological polar surface area (TPSA) is 77.0 Å². The Morgan fingerprint density at radius 3 is 2.96 bits per heavy atom. The van der Waals surface area contributed by atoms with Gasteiger partial charge in [-0.2, -0.15) is 8.75 Å². The maximum Gasteiger partial charge on any atom is 0.273 e. The number of carbonyl (C=O) groups is 1. The fourth-order valence-corrected chi connectivity index (χ4v) is 2.55. The summed E-state index contributed by atoms with van der Waals surface area (Å²) in [7, 11) is 0. The van der Waals surface area contributed by atoms with Gasteiger partial charge in [-0.25, -0.2) is 0 Å². The van der Waals surface area contributed by atoms with Crippen molar-refractivity contribution < 1.29 is 9.53 Å². The highest BCUT2D eigenvalue weighted by Gasteiger charge is 2.14. The van der Waals surface area contributed by atoms with E-state index in [0.717, 1.165) is 28.7 Å². The van der Waals surface area contributed by atoms with Gasteiger partial charge in [-0.15, -0.1) is 0 Å². The number of hydrogen-bond donors (Lipinski definition) is 1. The molecule has 0 fully saturated rings. The van der Waals surface area contributed by atoms with Gasteiger partial charge in [0, 0.05) is 6.20 Å². The predicted molar refractivity (Wildman–Crippen MR) is 90.8 cm³/mol. The van der Waals surface area contributed by atoms with Crippen LogP contribution in [0.2, 0.25) is 0 Å². The van der Waals surface area contributed by atoms with Crippen LogP contribution in [-0.4, -0.2) is 19.6 Å². The summed E-state index contributed by atoms with van der Waals surface area (Å²) >= 11 is 1.01. The van der Waals surface area contributed by atoms with E-state index in [0.29, 0.717) is 12.3 Å². The van der Waals surface area contributed by atoms with E-state index in [-0.39, 0.29) is 11.9 Å². The Labute approximate surface area is 143 Å². The molecule has 0 aliphatic rings. The first-order valence-electron chi connectivity index (χ1n) is 7.43. The Morgan fingerprint density at radius 2 is 2.21 bits per heavy atom. The molecular weight excluding hydrogens is 324 g/mol. The summed E-state index contributed by atoms with van der Waals surface area (Å²) in [6, 6.07) is 13.2. The number of amides is 1. The lowest BCUT2D eigenvalue weighted by molar-refractivity contribution is 0.0935. The number of benzene rings is 1. The fourth-order valence-electron chi connectivity index (χ4n) is 2.13. The molecule has 0 saturated heterocycles. The van der Waals surface area contributed by atoms with E-state index in [4.69, 9.17) is 4.74 Å². The lowest BCUT2D eigenvalue weighted by Crippen LogP contribution is -2.26. The first-order chi connectivity index (χ1) is 11.7. The van der Waals surface area contributed by atoms with Crippen molar-refractivity contribution in [2.45, 2.75) is 19.6 Å². The summed E-state index contributed by atoms with van der Waals surface area (Å²) in [6.07, 6.45) is 3.19. The molecular formula is C17H16N4O2S. The van der Waals surface area contributed by atoms with Gasteiger partial charge in [0.2, 0.25) is 0 Å². The van der Waals surface area contributed by atoms with Gasteiger partial charge in [-0.1, -0.05) is 18.2 Å². The van der Waals surface area contributed by atoms with Gasteiger partial charge >= 0.3 is 0 Å². The molecule has 24 heavy (non-hydrogen) atoms. The minimum absolute atomic E-state index is 0.169. The normalized spacial score (nSPS) is 11.7. The molecule has 1 unspecified atom stereocenters. The van der Waals surface area contributed by atoms with Crippen LogP contribution >= 0.6 is 11.7 Å². The third-order valence-corrected chi connectivity index (χ3v) is 3.89. The number of rotatable bonds is 6. The Hall–Kier alpha value is -2.80. The number of ether oxygens (including phenoxy) is 1. The molecule has 2 heterocycles. The van der Waals surface area contributed by atoms with Crippen LogP contribution in [-0.2, 0) is 6.61 Å².